The Hall–Kier alpha value is -1.39. The largest absolute Gasteiger partial charge is 0.396 e. The standard InChI is InChI=1S/C22H28N2O.ClH/c1-22(2,15-25)21(24-11-9-23-10-12-24)17-7-8-20-18(14-17)13-16-5-3-4-6-19(16)20;/h3-8,14,21,23,25H,9-13,15H2,1-2H3;1H/t21-;/m1./s1. The first kappa shape index (κ1) is 19.4. The van der Waals surface area contributed by atoms with E-state index in [0.29, 0.717) is 0 Å². The van der Waals surface area contributed by atoms with Gasteiger partial charge in [0.05, 0.1) is 0 Å². The lowest BCUT2D eigenvalue weighted by Gasteiger charge is -2.43. The Labute approximate surface area is 162 Å². The molecular formula is C22H29ClN2O. The summed E-state index contributed by atoms with van der Waals surface area (Å²) >= 11 is 0. The van der Waals surface area contributed by atoms with E-state index in [1.165, 1.54) is 27.8 Å². The molecule has 1 aliphatic carbocycles. The minimum Gasteiger partial charge on any atom is -0.396 e. The van der Waals surface area contributed by atoms with Crippen LogP contribution in [0.4, 0.5) is 0 Å². The maximum Gasteiger partial charge on any atom is 0.0500 e. The van der Waals surface area contributed by atoms with E-state index in [1.807, 2.05) is 0 Å². The molecule has 0 bridgehead atoms. The summed E-state index contributed by atoms with van der Waals surface area (Å²) in [5.41, 5.74) is 6.77. The van der Waals surface area contributed by atoms with E-state index in [-0.39, 0.29) is 30.5 Å². The number of benzene rings is 2. The maximum atomic E-state index is 10.0. The SMILES string of the molecule is CC(C)(CO)[C@@H](c1ccc2c(c1)Cc1ccccc1-2)N1CCNCC1.Cl. The number of nitrogens with one attached hydrogen (secondary N) is 1. The predicted molar refractivity (Wildman–Crippen MR) is 110 cm³/mol. The molecule has 4 rings (SSSR count). The van der Waals surface area contributed by atoms with Crippen LogP contribution in [-0.4, -0.2) is 42.8 Å². The number of halogens is 1. The summed E-state index contributed by atoms with van der Waals surface area (Å²) in [6.45, 7) is 8.67. The lowest BCUT2D eigenvalue weighted by molar-refractivity contribution is 0.0305. The molecule has 140 valence electrons. The van der Waals surface area contributed by atoms with E-state index in [9.17, 15) is 5.11 Å². The Morgan fingerprint density at radius 2 is 1.73 bits per heavy atom. The fourth-order valence-electron chi connectivity index (χ4n) is 4.52. The molecule has 2 aromatic rings. The highest BCUT2D eigenvalue weighted by Crippen LogP contribution is 2.42. The van der Waals surface area contributed by atoms with Crippen molar-refractivity contribution in [2.45, 2.75) is 26.3 Å². The van der Waals surface area contributed by atoms with Gasteiger partial charge in [0.15, 0.2) is 0 Å². The molecule has 2 aliphatic rings. The van der Waals surface area contributed by atoms with Crippen molar-refractivity contribution in [2.75, 3.05) is 32.8 Å². The highest BCUT2D eigenvalue weighted by Gasteiger charge is 2.36. The molecule has 1 fully saturated rings. The molecule has 0 aromatic heterocycles. The van der Waals surface area contributed by atoms with Crippen molar-refractivity contribution < 1.29 is 5.11 Å². The average Bonchev–Trinajstić information content (AvgIpc) is 3.00. The molecule has 1 saturated heterocycles. The Morgan fingerprint density at radius 1 is 1.04 bits per heavy atom. The zero-order valence-electron chi connectivity index (χ0n) is 15.7. The topological polar surface area (TPSA) is 35.5 Å². The van der Waals surface area contributed by atoms with E-state index in [2.05, 4.69) is 66.5 Å². The molecular weight excluding hydrogens is 344 g/mol. The number of fused-ring (bicyclic) bond motifs is 3. The number of piperazine rings is 1. The van der Waals surface area contributed by atoms with E-state index in [4.69, 9.17) is 0 Å². The van der Waals surface area contributed by atoms with Crippen LogP contribution >= 0.6 is 12.4 Å². The Morgan fingerprint density at radius 3 is 2.46 bits per heavy atom. The van der Waals surface area contributed by atoms with Crippen molar-refractivity contribution in [3.63, 3.8) is 0 Å². The van der Waals surface area contributed by atoms with Gasteiger partial charge >= 0.3 is 0 Å². The zero-order chi connectivity index (χ0) is 17.4. The van der Waals surface area contributed by atoms with Crippen LogP contribution in [-0.2, 0) is 6.42 Å². The van der Waals surface area contributed by atoms with Crippen LogP contribution in [0.5, 0.6) is 0 Å². The van der Waals surface area contributed by atoms with Crippen molar-refractivity contribution in [1.82, 2.24) is 10.2 Å². The first-order valence-electron chi connectivity index (χ1n) is 9.37. The Balaban J connectivity index is 0.00000196. The summed E-state index contributed by atoms with van der Waals surface area (Å²) in [6, 6.07) is 15.9. The highest BCUT2D eigenvalue weighted by atomic mass is 35.5. The zero-order valence-corrected chi connectivity index (χ0v) is 16.5. The van der Waals surface area contributed by atoms with Gasteiger partial charge in [0.1, 0.15) is 0 Å². The van der Waals surface area contributed by atoms with Gasteiger partial charge in [-0.25, -0.2) is 0 Å². The first-order chi connectivity index (χ1) is 12.1. The fourth-order valence-corrected chi connectivity index (χ4v) is 4.52. The van der Waals surface area contributed by atoms with Gasteiger partial charge in [0.25, 0.3) is 0 Å². The van der Waals surface area contributed by atoms with Crippen LogP contribution in [0.15, 0.2) is 42.5 Å². The molecule has 0 radical (unpaired) electrons. The smallest absolute Gasteiger partial charge is 0.0500 e. The average molecular weight is 373 g/mol. The fraction of sp³-hybridized carbons (Fsp3) is 0.455. The molecule has 0 unspecified atom stereocenters. The van der Waals surface area contributed by atoms with Gasteiger partial charge in [0, 0.05) is 44.2 Å². The quantitative estimate of drug-likeness (QED) is 0.733. The van der Waals surface area contributed by atoms with E-state index >= 15 is 0 Å². The van der Waals surface area contributed by atoms with Gasteiger partial charge in [-0.2, -0.15) is 0 Å². The third-order valence-electron chi connectivity index (χ3n) is 5.80. The van der Waals surface area contributed by atoms with Crippen LogP contribution in [0.2, 0.25) is 0 Å². The van der Waals surface area contributed by atoms with Crippen LogP contribution in [0.1, 0.15) is 36.6 Å². The molecule has 4 heteroatoms. The number of hydrogen-bond donors (Lipinski definition) is 2. The molecule has 0 amide bonds. The Kier molecular flexibility index (Phi) is 5.73. The number of aliphatic hydroxyl groups excluding tert-OH is 1. The van der Waals surface area contributed by atoms with E-state index < -0.39 is 0 Å². The third-order valence-corrected chi connectivity index (χ3v) is 5.80. The van der Waals surface area contributed by atoms with Gasteiger partial charge < -0.3 is 10.4 Å². The number of nitrogens with zero attached hydrogens (tertiary/aromatic N) is 1. The molecule has 1 atom stereocenters. The van der Waals surface area contributed by atoms with Crippen LogP contribution in [0.25, 0.3) is 11.1 Å². The third kappa shape index (κ3) is 3.41. The summed E-state index contributed by atoms with van der Waals surface area (Å²) in [4.78, 5) is 2.54. The molecule has 2 aromatic carbocycles. The maximum absolute atomic E-state index is 10.0. The van der Waals surface area contributed by atoms with E-state index in [1.54, 1.807) is 0 Å². The number of aliphatic hydroxyl groups is 1. The summed E-state index contributed by atoms with van der Waals surface area (Å²) in [5, 5.41) is 13.5. The first-order valence-corrected chi connectivity index (χ1v) is 9.37. The normalized spacial score (nSPS) is 18.0. The lowest BCUT2D eigenvalue weighted by Crippen LogP contribution is -2.49. The monoisotopic (exact) mass is 372 g/mol. The van der Waals surface area contributed by atoms with Gasteiger partial charge in [-0.1, -0.05) is 56.3 Å². The molecule has 0 spiro atoms. The van der Waals surface area contributed by atoms with Crippen LogP contribution < -0.4 is 5.32 Å². The molecule has 1 aliphatic heterocycles. The predicted octanol–water partition coefficient (Wildman–Crippen LogP) is 3.64. The minimum absolute atomic E-state index is 0. The van der Waals surface area contributed by atoms with Gasteiger partial charge in [-0.3, -0.25) is 4.90 Å². The molecule has 1 heterocycles. The summed E-state index contributed by atoms with van der Waals surface area (Å²) in [7, 11) is 0. The van der Waals surface area contributed by atoms with Crippen molar-refractivity contribution in [3.8, 4) is 11.1 Å². The van der Waals surface area contributed by atoms with Crippen molar-refractivity contribution in [1.29, 1.82) is 0 Å². The molecule has 2 N–H and O–H groups in total. The van der Waals surface area contributed by atoms with Crippen LogP contribution in [0.3, 0.4) is 0 Å². The summed E-state index contributed by atoms with van der Waals surface area (Å²) in [6.07, 6.45) is 1.02. The van der Waals surface area contributed by atoms with Gasteiger partial charge in [-0.05, 0) is 34.2 Å². The summed E-state index contributed by atoms with van der Waals surface area (Å²) < 4.78 is 0. The minimum atomic E-state index is -0.170. The second-order valence-electron chi connectivity index (χ2n) is 8.09. The van der Waals surface area contributed by atoms with Gasteiger partial charge in [-0.15, -0.1) is 12.4 Å². The van der Waals surface area contributed by atoms with Crippen LogP contribution in [0, 0.1) is 5.41 Å². The second-order valence-corrected chi connectivity index (χ2v) is 8.09. The van der Waals surface area contributed by atoms with Crippen molar-refractivity contribution in [2.24, 2.45) is 5.41 Å². The van der Waals surface area contributed by atoms with Crippen molar-refractivity contribution >= 4 is 12.4 Å². The Bertz CT molecular complexity index is 768. The van der Waals surface area contributed by atoms with Gasteiger partial charge in [0.2, 0.25) is 0 Å². The molecule has 3 nitrogen and oxygen atoms in total. The number of rotatable bonds is 4. The molecule has 26 heavy (non-hydrogen) atoms. The second kappa shape index (κ2) is 7.69. The summed E-state index contributed by atoms with van der Waals surface area (Å²) in [5.74, 6) is 0. The van der Waals surface area contributed by atoms with Crippen molar-refractivity contribution in [3.05, 3.63) is 59.2 Å². The number of hydrogen-bond acceptors (Lipinski definition) is 3. The lowest BCUT2D eigenvalue weighted by atomic mass is 9.79. The van der Waals surface area contributed by atoms with E-state index in [0.717, 1.165) is 32.6 Å². The molecule has 0 saturated carbocycles. The highest BCUT2D eigenvalue weighted by molar-refractivity contribution is 5.85.